The number of para-hydroxylation sites is 2. The Morgan fingerprint density at radius 2 is 0.393 bits per heavy atom. The smallest absolute Gasteiger partial charge is 0.164 e. The topological polar surface area (TPSA) is 53.5 Å². The van der Waals surface area contributed by atoms with Crippen LogP contribution in [-0.2, 0) is 0 Å². The maximum absolute atomic E-state index is 14.4. The molecule has 0 aliphatic rings. The largest absolute Gasteiger partial charge is 0.309 e. The number of halogens is 2. The van der Waals surface area contributed by atoms with Crippen LogP contribution in [-0.4, -0.2) is 28.7 Å². The summed E-state index contributed by atoms with van der Waals surface area (Å²) in [6, 6.07) is 131. The minimum absolute atomic E-state index is 0.367. The zero-order valence-electron chi connectivity index (χ0n) is 57.7. The van der Waals surface area contributed by atoms with Crippen molar-refractivity contribution >= 4 is 65.4 Å². The average Bonchev–Trinajstić information content (AvgIpc) is 1.56. The minimum atomic E-state index is -0.368. The fourth-order valence-corrected chi connectivity index (χ4v) is 15.8. The van der Waals surface area contributed by atoms with Crippen molar-refractivity contribution in [2.45, 2.75) is 0 Å². The van der Waals surface area contributed by atoms with Crippen LogP contribution in [0, 0.1) is 11.6 Å². The quantitative estimate of drug-likeness (QED) is 0.116. The van der Waals surface area contributed by atoms with Gasteiger partial charge < -0.3 is 13.7 Å². The molecule has 6 nitrogen and oxygen atoms in total. The van der Waals surface area contributed by atoms with Crippen LogP contribution >= 0.6 is 0 Å². The zero-order valence-corrected chi connectivity index (χ0v) is 57.7. The van der Waals surface area contributed by atoms with E-state index in [2.05, 4.69) is 329 Å². The highest BCUT2D eigenvalue weighted by atomic mass is 19.1. The van der Waals surface area contributed by atoms with Crippen LogP contribution in [0.25, 0.3) is 195 Å². The summed E-state index contributed by atoms with van der Waals surface area (Å²) in [5.74, 6) is 0.417. The molecule has 8 heteroatoms. The highest BCUT2D eigenvalue weighted by Crippen LogP contribution is 2.44. The van der Waals surface area contributed by atoms with E-state index in [1.165, 1.54) is 57.3 Å². The third-order valence-corrected chi connectivity index (χ3v) is 21.0. The standard InChI is InChI=1S/C99H62F2N6/c100-80-40-29-68(30-41-80)97-102-98(69-31-42-81(101)43-32-69)104-99(103-97)70-35-46-83(47-36-70)106-94-59-71(67-33-44-82(45-34-67)105-91-27-15-13-25-85(91)87-50-38-72(60-93(87)105)78-55-74(63-17-5-1-6-18-63)53-75(56-78)64-19-7-2-8-20-64)37-49-89(94)90-52-48-84(62-96(90)106)107-92-28-16-14-26-86(92)88-51-39-73(61-95(88)107)79-57-76(65-21-9-3-10-22-65)54-77(58-79)66-23-11-4-12-24-66/h1-62H. The second-order valence-corrected chi connectivity index (χ2v) is 27.4. The number of rotatable bonds is 13. The van der Waals surface area contributed by atoms with E-state index in [1.807, 2.05) is 12.1 Å². The highest BCUT2D eigenvalue weighted by molar-refractivity contribution is 6.14. The summed E-state index contributed by atoms with van der Waals surface area (Å²) in [6.45, 7) is 0. The molecule has 0 N–H and O–H groups in total. The van der Waals surface area contributed by atoms with Gasteiger partial charge in [0.25, 0.3) is 0 Å². The Kier molecular flexibility index (Phi) is 15.2. The number of benzene rings is 16. The molecule has 16 aromatic carbocycles. The molecular formula is C99H62F2N6. The Bertz CT molecular complexity index is 6650. The zero-order chi connectivity index (χ0) is 71.1. The molecule has 0 spiro atoms. The summed E-state index contributed by atoms with van der Waals surface area (Å²) < 4.78 is 36.0. The lowest BCUT2D eigenvalue weighted by Gasteiger charge is -2.14. The first-order valence-corrected chi connectivity index (χ1v) is 36.0. The van der Waals surface area contributed by atoms with Gasteiger partial charge >= 0.3 is 0 Å². The monoisotopic (exact) mass is 1370 g/mol. The molecular weight excluding hydrogens is 1310 g/mol. The van der Waals surface area contributed by atoms with E-state index in [0.717, 1.165) is 133 Å². The molecule has 20 aromatic rings. The molecule has 20 rings (SSSR count). The summed E-state index contributed by atoms with van der Waals surface area (Å²) in [6.07, 6.45) is 0. The van der Waals surface area contributed by atoms with Gasteiger partial charge in [-0.25, -0.2) is 23.7 Å². The minimum Gasteiger partial charge on any atom is -0.309 e. The summed E-state index contributed by atoms with van der Waals surface area (Å²) in [4.78, 5) is 14.8. The molecule has 0 amide bonds. The van der Waals surface area contributed by atoms with E-state index in [4.69, 9.17) is 15.0 Å². The van der Waals surface area contributed by atoms with Crippen LogP contribution < -0.4 is 0 Å². The van der Waals surface area contributed by atoms with Gasteiger partial charge in [-0.2, -0.15) is 0 Å². The van der Waals surface area contributed by atoms with E-state index in [9.17, 15) is 8.78 Å². The molecule has 0 saturated carbocycles. The molecule has 0 unspecified atom stereocenters. The van der Waals surface area contributed by atoms with Gasteiger partial charge in [-0.15, -0.1) is 0 Å². The van der Waals surface area contributed by atoms with E-state index >= 15 is 0 Å². The van der Waals surface area contributed by atoms with Gasteiger partial charge in [0.05, 0.1) is 33.1 Å². The van der Waals surface area contributed by atoms with Gasteiger partial charge in [0.1, 0.15) is 11.6 Å². The first kappa shape index (κ1) is 62.6. The Labute approximate surface area is 616 Å². The summed E-state index contributed by atoms with van der Waals surface area (Å²) >= 11 is 0. The van der Waals surface area contributed by atoms with Crippen molar-refractivity contribution in [2.24, 2.45) is 0 Å². The summed E-state index contributed by atoms with van der Waals surface area (Å²) in [7, 11) is 0. The van der Waals surface area contributed by atoms with Crippen molar-refractivity contribution in [3.8, 4) is 129 Å². The molecule has 0 saturated heterocycles. The van der Waals surface area contributed by atoms with E-state index in [1.54, 1.807) is 24.3 Å². The van der Waals surface area contributed by atoms with Crippen molar-refractivity contribution in [3.05, 3.63) is 388 Å². The molecule has 0 atom stereocenters. The van der Waals surface area contributed by atoms with Gasteiger partial charge in [0.2, 0.25) is 0 Å². The number of hydrogen-bond acceptors (Lipinski definition) is 3. The second kappa shape index (κ2) is 25.9. The molecule has 107 heavy (non-hydrogen) atoms. The van der Waals surface area contributed by atoms with Crippen molar-refractivity contribution < 1.29 is 8.78 Å². The first-order valence-electron chi connectivity index (χ1n) is 36.0. The number of aromatic nitrogens is 6. The molecule has 0 fully saturated rings. The van der Waals surface area contributed by atoms with Crippen LogP contribution in [0.1, 0.15) is 0 Å². The Morgan fingerprint density at radius 1 is 0.159 bits per heavy atom. The van der Waals surface area contributed by atoms with Gasteiger partial charge in [-0.1, -0.05) is 212 Å². The van der Waals surface area contributed by atoms with Crippen LogP contribution in [0.4, 0.5) is 8.78 Å². The molecule has 0 aliphatic heterocycles. The lowest BCUT2D eigenvalue weighted by Crippen LogP contribution is -2.01. The molecule has 0 radical (unpaired) electrons. The first-order chi connectivity index (χ1) is 52.8. The third-order valence-electron chi connectivity index (χ3n) is 21.0. The normalized spacial score (nSPS) is 11.6. The predicted molar refractivity (Wildman–Crippen MR) is 437 cm³/mol. The second-order valence-electron chi connectivity index (χ2n) is 27.4. The SMILES string of the molecule is Fc1ccc(-c2nc(-c3ccc(F)cc3)nc(-c3ccc(-n4c5cc(-c6ccc(-n7c8ccccc8c8ccc(-c9cc(-c%10ccccc%10)cc(-c%10ccccc%10)c9)cc87)cc6)ccc5c5ccc(-n6c7ccccc7c7ccc(-c8cc(-c9ccccc9)cc(-c9ccccc9)c8)cc76)cc54)cc3)n2)cc1. The predicted octanol–water partition coefficient (Wildman–Crippen LogP) is 26.1. The van der Waals surface area contributed by atoms with Crippen LogP contribution in [0.3, 0.4) is 0 Å². The van der Waals surface area contributed by atoms with Gasteiger partial charge in [-0.3, -0.25) is 0 Å². The highest BCUT2D eigenvalue weighted by Gasteiger charge is 2.22. The summed E-state index contributed by atoms with van der Waals surface area (Å²) in [5.41, 5.74) is 27.5. The van der Waals surface area contributed by atoms with Gasteiger partial charge in [0.15, 0.2) is 17.5 Å². The van der Waals surface area contributed by atoms with Crippen molar-refractivity contribution in [1.82, 2.24) is 28.7 Å². The Balaban J connectivity index is 0.736. The van der Waals surface area contributed by atoms with Gasteiger partial charge in [-0.05, 0) is 242 Å². The number of hydrogen-bond donors (Lipinski definition) is 0. The summed E-state index contributed by atoms with van der Waals surface area (Å²) in [5, 5.41) is 6.91. The van der Waals surface area contributed by atoms with Crippen molar-refractivity contribution in [1.29, 1.82) is 0 Å². The number of fused-ring (bicyclic) bond motifs is 9. The van der Waals surface area contributed by atoms with Crippen molar-refractivity contribution in [2.75, 3.05) is 0 Å². The van der Waals surface area contributed by atoms with Crippen LogP contribution in [0.5, 0.6) is 0 Å². The molecule has 0 bridgehead atoms. The fraction of sp³-hybridized carbons (Fsp3) is 0. The Morgan fingerprint density at radius 3 is 0.757 bits per heavy atom. The average molecular weight is 1370 g/mol. The lowest BCUT2D eigenvalue weighted by molar-refractivity contribution is 0.627. The Hall–Kier alpha value is -14.2. The van der Waals surface area contributed by atoms with E-state index < -0.39 is 0 Å². The molecule has 0 aliphatic carbocycles. The van der Waals surface area contributed by atoms with Crippen molar-refractivity contribution in [3.63, 3.8) is 0 Å². The number of nitrogens with zero attached hydrogens (tertiary/aromatic N) is 6. The fourth-order valence-electron chi connectivity index (χ4n) is 15.8. The maximum atomic E-state index is 14.4. The molecule has 4 heterocycles. The van der Waals surface area contributed by atoms with E-state index in [0.29, 0.717) is 28.6 Å². The molecule has 502 valence electrons. The van der Waals surface area contributed by atoms with Crippen LogP contribution in [0.15, 0.2) is 376 Å². The van der Waals surface area contributed by atoms with E-state index in [-0.39, 0.29) is 11.6 Å². The molecule has 4 aromatic heterocycles. The lowest BCUT2D eigenvalue weighted by atomic mass is 9.93. The van der Waals surface area contributed by atoms with Gasteiger partial charge in [0, 0.05) is 66.1 Å². The van der Waals surface area contributed by atoms with Crippen LogP contribution in [0.2, 0.25) is 0 Å². The maximum Gasteiger partial charge on any atom is 0.164 e. The third kappa shape index (κ3) is 11.3.